The first-order valence-corrected chi connectivity index (χ1v) is 9.76. The van der Waals surface area contributed by atoms with Gasteiger partial charge in [-0.25, -0.2) is 18.2 Å². The second-order valence-corrected chi connectivity index (χ2v) is 7.99. The van der Waals surface area contributed by atoms with E-state index >= 15 is 0 Å². The molecule has 9 heteroatoms. The van der Waals surface area contributed by atoms with Gasteiger partial charge in [0.05, 0.1) is 16.2 Å². The van der Waals surface area contributed by atoms with Gasteiger partial charge in [-0.3, -0.25) is 4.79 Å². The smallest absolute Gasteiger partial charge is 0.335 e. The second kappa shape index (κ2) is 6.87. The molecule has 2 aromatic rings. The molecule has 0 aliphatic carbocycles. The highest BCUT2D eigenvalue weighted by Gasteiger charge is 2.36. The Morgan fingerprint density at radius 2 is 1.88 bits per heavy atom. The fraction of sp³-hybridized carbons (Fsp3) is 0.125. The molecule has 0 unspecified atom stereocenters. The maximum absolute atomic E-state index is 12.6. The lowest BCUT2D eigenvalue weighted by Crippen LogP contribution is -2.44. The number of benzene rings is 2. The molecule has 0 bridgehead atoms. The first-order chi connectivity index (χ1) is 11.9. The van der Waals surface area contributed by atoms with Crippen LogP contribution in [-0.2, 0) is 14.8 Å². The number of hydrogen-bond acceptors (Lipinski definition) is 5. The molecular formula is C16H14N2O5S2. The van der Waals surface area contributed by atoms with Crippen LogP contribution < -0.4 is 4.83 Å². The van der Waals surface area contributed by atoms with E-state index in [0.29, 0.717) is 0 Å². The quantitative estimate of drug-likeness (QED) is 0.823. The van der Waals surface area contributed by atoms with Crippen LogP contribution in [0.5, 0.6) is 0 Å². The Kier molecular flexibility index (Phi) is 4.80. The Morgan fingerprint density at radius 1 is 1.16 bits per heavy atom. The van der Waals surface area contributed by atoms with Gasteiger partial charge in [-0.1, -0.05) is 36.4 Å². The normalized spacial score (nSPS) is 17.7. The molecule has 1 aliphatic rings. The van der Waals surface area contributed by atoms with Crippen LogP contribution in [0.1, 0.15) is 21.3 Å². The molecule has 25 heavy (non-hydrogen) atoms. The van der Waals surface area contributed by atoms with Gasteiger partial charge in [0.15, 0.2) is 0 Å². The maximum Gasteiger partial charge on any atom is 0.335 e. The van der Waals surface area contributed by atoms with E-state index in [1.165, 1.54) is 30.0 Å². The van der Waals surface area contributed by atoms with Crippen molar-refractivity contribution in [1.82, 2.24) is 9.84 Å². The van der Waals surface area contributed by atoms with Gasteiger partial charge < -0.3 is 5.11 Å². The van der Waals surface area contributed by atoms with Gasteiger partial charge in [0.1, 0.15) is 5.37 Å². The molecule has 2 N–H and O–H groups in total. The standard InChI is InChI=1S/C16H14N2O5S2/c19-14-10-24-15(11-5-2-1-3-6-11)18(14)17-25(22,23)13-8-4-7-12(9-13)16(20)21/h1-9,15,17H,10H2,(H,20,21)/t15-/m0/s1. The van der Waals surface area contributed by atoms with Crippen LogP contribution in [0.15, 0.2) is 59.5 Å². The Morgan fingerprint density at radius 3 is 2.56 bits per heavy atom. The van der Waals surface area contributed by atoms with E-state index in [-0.39, 0.29) is 22.1 Å². The third kappa shape index (κ3) is 3.68. The molecular weight excluding hydrogens is 364 g/mol. The Bertz CT molecular complexity index is 915. The molecule has 1 aliphatic heterocycles. The van der Waals surface area contributed by atoms with Gasteiger partial charge in [-0.05, 0) is 23.8 Å². The van der Waals surface area contributed by atoms with E-state index in [1.54, 1.807) is 0 Å². The largest absolute Gasteiger partial charge is 0.478 e. The molecule has 1 saturated heterocycles. The summed E-state index contributed by atoms with van der Waals surface area (Å²) in [6.45, 7) is 0. The van der Waals surface area contributed by atoms with Gasteiger partial charge in [0.2, 0.25) is 5.91 Å². The van der Waals surface area contributed by atoms with Crippen LogP contribution in [0.4, 0.5) is 0 Å². The molecule has 1 fully saturated rings. The molecule has 1 amide bonds. The van der Waals surface area contributed by atoms with Crippen molar-refractivity contribution in [3.05, 3.63) is 65.7 Å². The van der Waals surface area contributed by atoms with Crippen LogP contribution in [0.2, 0.25) is 0 Å². The number of aromatic carboxylic acids is 1. The van der Waals surface area contributed by atoms with E-state index in [4.69, 9.17) is 5.11 Å². The van der Waals surface area contributed by atoms with Gasteiger partial charge in [0, 0.05) is 0 Å². The van der Waals surface area contributed by atoms with Crippen molar-refractivity contribution in [2.75, 3.05) is 5.75 Å². The zero-order valence-corrected chi connectivity index (χ0v) is 14.5. The number of nitrogens with zero attached hydrogens (tertiary/aromatic N) is 1. The number of carbonyl (C=O) groups is 2. The number of amides is 1. The monoisotopic (exact) mass is 378 g/mol. The van der Waals surface area contributed by atoms with E-state index in [1.807, 2.05) is 30.3 Å². The summed E-state index contributed by atoms with van der Waals surface area (Å²) in [5.41, 5.74) is 0.643. The number of rotatable bonds is 5. The predicted octanol–water partition coefficient (Wildman–Crippen LogP) is 1.85. The Hall–Kier alpha value is -2.36. The van der Waals surface area contributed by atoms with E-state index in [9.17, 15) is 18.0 Å². The molecule has 0 spiro atoms. The highest BCUT2D eigenvalue weighted by atomic mass is 32.2. The van der Waals surface area contributed by atoms with E-state index < -0.39 is 21.4 Å². The van der Waals surface area contributed by atoms with Crippen LogP contribution in [0.25, 0.3) is 0 Å². The minimum absolute atomic E-state index is 0.149. The average molecular weight is 378 g/mol. The highest BCUT2D eigenvalue weighted by Crippen LogP contribution is 2.37. The number of thioether (sulfide) groups is 1. The molecule has 1 heterocycles. The van der Waals surface area contributed by atoms with Crippen LogP contribution in [-0.4, -0.2) is 36.2 Å². The van der Waals surface area contributed by atoms with Crippen molar-refractivity contribution in [3.63, 3.8) is 0 Å². The van der Waals surface area contributed by atoms with Crippen molar-refractivity contribution in [2.24, 2.45) is 0 Å². The summed E-state index contributed by atoms with van der Waals surface area (Å²) >= 11 is 1.31. The predicted molar refractivity (Wildman–Crippen MR) is 92.2 cm³/mol. The summed E-state index contributed by atoms with van der Waals surface area (Å²) in [4.78, 5) is 25.2. The lowest BCUT2D eigenvalue weighted by molar-refractivity contribution is -0.129. The number of hydrogen-bond donors (Lipinski definition) is 2. The lowest BCUT2D eigenvalue weighted by atomic mass is 10.2. The second-order valence-electron chi connectivity index (χ2n) is 5.27. The number of sulfonamides is 1. The minimum atomic E-state index is -4.10. The fourth-order valence-corrected chi connectivity index (χ4v) is 4.65. The van der Waals surface area contributed by atoms with Gasteiger partial charge in [-0.15, -0.1) is 16.6 Å². The molecule has 7 nitrogen and oxygen atoms in total. The average Bonchev–Trinajstić information content (AvgIpc) is 2.96. The van der Waals surface area contributed by atoms with Crippen LogP contribution in [0.3, 0.4) is 0 Å². The summed E-state index contributed by atoms with van der Waals surface area (Å²) in [7, 11) is -4.10. The minimum Gasteiger partial charge on any atom is -0.478 e. The Balaban J connectivity index is 1.90. The third-order valence-corrected chi connectivity index (χ3v) is 6.09. The summed E-state index contributed by atoms with van der Waals surface area (Å²) in [6, 6.07) is 14.0. The number of nitrogens with one attached hydrogen (secondary N) is 1. The third-order valence-electron chi connectivity index (χ3n) is 3.56. The van der Waals surface area contributed by atoms with Crippen molar-refractivity contribution < 1.29 is 23.1 Å². The summed E-state index contributed by atoms with van der Waals surface area (Å²) in [5, 5.41) is 9.60. The molecule has 2 aromatic carbocycles. The molecule has 3 rings (SSSR count). The zero-order valence-electron chi connectivity index (χ0n) is 12.8. The SMILES string of the molecule is O=C(O)c1cccc(S(=O)(=O)NN2C(=O)CS[C@H]2c2ccccc2)c1. The topological polar surface area (TPSA) is 104 Å². The highest BCUT2D eigenvalue weighted by molar-refractivity contribution is 8.00. The lowest BCUT2D eigenvalue weighted by Gasteiger charge is -2.24. The molecule has 1 atom stereocenters. The van der Waals surface area contributed by atoms with Gasteiger partial charge >= 0.3 is 5.97 Å². The van der Waals surface area contributed by atoms with Crippen molar-refractivity contribution in [3.8, 4) is 0 Å². The van der Waals surface area contributed by atoms with E-state index in [0.717, 1.165) is 16.6 Å². The van der Waals surface area contributed by atoms with Crippen molar-refractivity contribution in [2.45, 2.75) is 10.3 Å². The first-order valence-electron chi connectivity index (χ1n) is 7.23. The van der Waals surface area contributed by atoms with Gasteiger partial charge in [0.25, 0.3) is 10.0 Å². The number of carboxylic acids is 1. The molecule has 0 radical (unpaired) electrons. The molecule has 130 valence electrons. The fourth-order valence-electron chi connectivity index (χ4n) is 2.37. The number of carboxylic acid groups (broad SMARTS) is 1. The Labute approximate surface area is 148 Å². The number of hydrazine groups is 1. The zero-order chi connectivity index (χ0) is 18.0. The van der Waals surface area contributed by atoms with Crippen LogP contribution >= 0.6 is 11.8 Å². The van der Waals surface area contributed by atoms with E-state index in [2.05, 4.69) is 4.83 Å². The maximum atomic E-state index is 12.6. The van der Waals surface area contributed by atoms with Crippen LogP contribution in [0, 0.1) is 0 Å². The first kappa shape index (κ1) is 17.5. The number of carbonyl (C=O) groups excluding carboxylic acids is 1. The summed E-state index contributed by atoms with van der Waals surface area (Å²) < 4.78 is 25.2. The molecule has 0 aromatic heterocycles. The summed E-state index contributed by atoms with van der Waals surface area (Å²) in [5.74, 6) is -1.44. The molecule has 0 saturated carbocycles. The van der Waals surface area contributed by atoms with Gasteiger partial charge in [-0.2, -0.15) is 0 Å². The van der Waals surface area contributed by atoms with Crippen molar-refractivity contribution in [1.29, 1.82) is 0 Å². The van der Waals surface area contributed by atoms with Crippen molar-refractivity contribution >= 4 is 33.7 Å². The summed E-state index contributed by atoms with van der Waals surface area (Å²) in [6.07, 6.45) is 0.